The highest BCUT2D eigenvalue weighted by molar-refractivity contribution is 7.89. The number of hydrogen-bond acceptors (Lipinski definition) is 4. The van der Waals surface area contributed by atoms with Gasteiger partial charge in [0.15, 0.2) is 0 Å². The fourth-order valence-electron chi connectivity index (χ4n) is 2.29. The maximum absolute atomic E-state index is 12.1. The second kappa shape index (κ2) is 6.84. The summed E-state index contributed by atoms with van der Waals surface area (Å²) in [7, 11) is -3.45. The third-order valence-electron chi connectivity index (χ3n) is 3.48. The van der Waals surface area contributed by atoms with Gasteiger partial charge in [-0.15, -0.1) is 0 Å². The van der Waals surface area contributed by atoms with Gasteiger partial charge in [-0.1, -0.05) is 12.1 Å². The number of piperidine rings is 1. The molecule has 20 heavy (non-hydrogen) atoms. The number of sulfonamides is 1. The summed E-state index contributed by atoms with van der Waals surface area (Å²) in [6, 6.07) is 8.50. The Hall–Kier alpha value is -1.42. The summed E-state index contributed by atoms with van der Waals surface area (Å²) < 4.78 is 27.0. The molecule has 1 unspecified atom stereocenters. The lowest BCUT2D eigenvalue weighted by atomic mass is 10.0. The average Bonchev–Trinajstić information content (AvgIpc) is 2.47. The third-order valence-corrected chi connectivity index (χ3v) is 4.92. The first-order valence-corrected chi connectivity index (χ1v) is 8.26. The molecule has 0 aromatic heterocycles. The highest BCUT2D eigenvalue weighted by Crippen LogP contribution is 2.13. The summed E-state index contributed by atoms with van der Waals surface area (Å²) in [5, 5.41) is 11.9. The van der Waals surface area contributed by atoms with Crippen LogP contribution in [0.2, 0.25) is 0 Å². The first kappa shape index (κ1) is 15.0. The van der Waals surface area contributed by atoms with Gasteiger partial charge in [0.1, 0.15) is 0 Å². The van der Waals surface area contributed by atoms with Crippen molar-refractivity contribution in [2.45, 2.75) is 24.2 Å². The van der Waals surface area contributed by atoms with E-state index in [9.17, 15) is 8.42 Å². The lowest BCUT2D eigenvalue weighted by Crippen LogP contribution is -2.38. The summed E-state index contributed by atoms with van der Waals surface area (Å²) >= 11 is 0. The molecule has 1 aromatic carbocycles. The van der Waals surface area contributed by atoms with Crippen LogP contribution in [0.25, 0.3) is 0 Å². The van der Waals surface area contributed by atoms with Crippen LogP contribution in [0.5, 0.6) is 0 Å². The highest BCUT2D eigenvalue weighted by Gasteiger charge is 2.18. The number of nitrogens with zero attached hydrogens (tertiary/aromatic N) is 1. The van der Waals surface area contributed by atoms with E-state index >= 15 is 0 Å². The number of hydrogen-bond donors (Lipinski definition) is 2. The van der Waals surface area contributed by atoms with Crippen molar-refractivity contribution in [3.05, 3.63) is 29.8 Å². The SMILES string of the molecule is N#CCc1ccc(S(=O)(=O)NCC2CCCNC2)cc1. The fraction of sp³-hybridized carbons (Fsp3) is 0.500. The highest BCUT2D eigenvalue weighted by atomic mass is 32.2. The van der Waals surface area contributed by atoms with Gasteiger partial charge in [0.05, 0.1) is 17.4 Å². The van der Waals surface area contributed by atoms with Gasteiger partial charge in [0.2, 0.25) is 10.0 Å². The summed E-state index contributed by atoms with van der Waals surface area (Å²) in [5.41, 5.74) is 0.822. The molecule has 0 saturated carbocycles. The molecule has 1 aromatic rings. The van der Waals surface area contributed by atoms with E-state index < -0.39 is 10.0 Å². The largest absolute Gasteiger partial charge is 0.316 e. The van der Waals surface area contributed by atoms with Crippen molar-refractivity contribution in [2.24, 2.45) is 5.92 Å². The molecule has 2 N–H and O–H groups in total. The van der Waals surface area contributed by atoms with Crippen LogP contribution in [-0.2, 0) is 16.4 Å². The second-order valence-electron chi connectivity index (χ2n) is 5.04. The minimum Gasteiger partial charge on any atom is -0.316 e. The third kappa shape index (κ3) is 4.04. The van der Waals surface area contributed by atoms with Crippen molar-refractivity contribution < 1.29 is 8.42 Å². The molecule has 1 saturated heterocycles. The van der Waals surface area contributed by atoms with Crippen molar-refractivity contribution in [3.8, 4) is 6.07 Å². The van der Waals surface area contributed by atoms with Gasteiger partial charge in [-0.05, 0) is 49.5 Å². The van der Waals surface area contributed by atoms with Crippen LogP contribution < -0.4 is 10.0 Å². The molecule has 0 aliphatic carbocycles. The molecule has 5 nitrogen and oxygen atoms in total. The molecule has 6 heteroatoms. The molecular weight excluding hydrogens is 274 g/mol. The summed E-state index contributed by atoms with van der Waals surface area (Å²) in [4.78, 5) is 0.253. The molecule has 0 bridgehead atoms. The first-order valence-electron chi connectivity index (χ1n) is 6.78. The molecule has 0 spiro atoms. The van der Waals surface area contributed by atoms with Crippen LogP contribution in [0.4, 0.5) is 0 Å². The van der Waals surface area contributed by atoms with E-state index in [1.165, 1.54) is 0 Å². The van der Waals surface area contributed by atoms with Crippen LogP contribution in [0.15, 0.2) is 29.2 Å². The molecule has 0 amide bonds. The van der Waals surface area contributed by atoms with Crippen molar-refractivity contribution >= 4 is 10.0 Å². The maximum Gasteiger partial charge on any atom is 0.240 e. The maximum atomic E-state index is 12.1. The Kier molecular flexibility index (Phi) is 5.12. The molecule has 2 rings (SSSR count). The van der Waals surface area contributed by atoms with Gasteiger partial charge >= 0.3 is 0 Å². The Balaban J connectivity index is 1.96. The Morgan fingerprint density at radius 3 is 2.70 bits per heavy atom. The van der Waals surface area contributed by atoms with Crippen LogP contribution >= 0.6 is 0 Å². The van der Waals surface area contributed by atoms with Crippen LogP contribution in [0.3, 0.4) is 0 Å². The Morgan fingerprint density at radius 1 is 1.35 bits per heavy atom. The molecule has 0 radical (unpaired) electrons. The van der Waals surface area contributed by atoms with Crippen molar-refractivity contribution in [3.63, 3.8) is 0 Å². The first-order chi connectivity index (χ1) is 9.62. The lowest BCUT2D eigenvalue weighted by molar-refractivity contribution is 0.376. The lowest BCUT2D eigenvalue weighted by Gasteiger charge is -2.22. The van der Waals surface area contributed by atoms with Crippen LogP contribution in [0.1, 0.15) is 18.4 Å². The van der Waals surface area contributed by atoms with Gasteiger partial charge in [0.25, 0.3) is 0 Å². The van der Waals surface area contributed by atoms with E-state index in [0.29, 0.717) is 18.9 Å². The smallest absolute Gasteiger partial charge is 0.240 e. The van der Waals surface area contributed by atoms with Gasteiger partial charge in [-0.25, -0.2) is 13.1 Å². The average molecular weight is 293 g/mol. The van der Waals surface area contributed by atoms with E-state index in [4.69, 9.17) is 5.26 Å². The zero-order valence-corrected chi connectivity index (χ0v) is 12.1. The molecular formula is C14H19N3O2S. The number of nitrogens with one attached hydrogen (secondary N) is 2. The number of benzene rings is 1. The molecule has 1 aliphatic rings. The van der Waals surface area contributed by atoms with Crippen molar-refractivity contribution in [1.82, 2.24) is 10.0 Å². The van der Waals surface area contributed by atoms with Gasteiger partial charge < -0.3 is 5.32 Å². The summed E-state index contributed by atoms with van der Waals surface area (Å²) in [6.07, 6.45) is 2.44. The standard InChI is InChI=1S/C14H19N3O2S/c15-8-7-12-3-5-14(6-4-12)20(18,19)17-11-13-2-1-9-16-10-13/h3-6,13,16-17H,1-2,7,9-11H2. The second-order valence-corrected chi connectivity index (χ2v) is 6.81. The van der Waals surface area contributed by atoms with Gasteiger partial charge in [0, 0.05) is 6.54 Å². The van der Waals surface area contributed by atoms with E-state index in [0.717, 1.165) is 31.5 Å². The molecule has 1 atom stereocenters. The summed E-state index contributed by atoms with van der Waals surface area (Å²) in [6.45, 7) is 2.35. The predicted molar refractivity (Wildman–Crippen MR) is 76.5 cm³/mol. The van der Waals surface area contributed by atoms with Crippen molar-refractivity contribution in [2.75, 3.05) is 19.6 Å². The molecule has 1 heterocycles. The van der Waals surface area contributed by atoms with E-state index in [2.05, 4.69) is 10.0 Å². The van der Waals surface area contributed by atoms with E-state index in [-0.39, 0.29) is 4.90 Å². The van der Waals surface area contributed by atoms with Crippen LogP contribution in [-0.4, -0.2) is 28.1 Å². The minimum atomic E-state index is -3.45. The minimum absolute atomic E-state index is 0.253. The normalized spacial score (nSPS) is 19.4. The van der Waals surface area contributed by atoms with Crippen LogP contribution in [0, 0.1) is 17.2 Å². The number of nitriles is 1. The molecule has 108 valence electrons. The van der Waals surface area contributed by atoms with Crippen molar-refractivity contribution in [1.29, 1.82) is 5.26 Å². The fourth-order valence-corrected chi connectivity index (χ4v) is 3.40. The summed E-state index contributed by atoms with van der Waals surface area (Å²) in [5.74, 6) is 0.358. The zero-order valence-electron chi connectivity index (χ0n) is 11.3. The quantitative estimate of drug-likeness (QED) is 0.849. The Labute approximate surface area is 120 Å². The monoisotopic (exact) mass is 293 g/mol. The Bertz CT molecular complexity index is 569. The number of rotatable bonds is 5. The molecule has 1 fully saturated rings. The zero-order chi connectivity index (χ0) is 14.4. The Morgan fingerprint density at radius 2 is 2.10 bits per heavy atom. The molecule has 1 aliphatic heterocycles. The van der Waals surface area contributed by atoms with E-state index in [1.807, 2.05) is 6.07 Å². The van der Waals surface area contributed by atoms with Gasteiger partial charge in [-0.2, -0.15) is 5.26 Å². The topological polar surface area (TPSA) is 82.0 Å². The van der Waals surface area contributed by atoms with Gasteiger partial charge in [-0.3, -0.25) is 0 Å². The predicted octanol–water partition coefficient (Wildman–Crippen LogP) is 1.03. The van der Waals surface area contributed by atoms with E-state index in [1.54, 1.807) is 24.3 Å².